The van der Waals surface area contributed by atoms with E-state index < -0.39 is 10.0 Å². The van der Waals surface area contributed by atoms with Crippen LogP contribution in [0.3, 0.4) is 0 Å². The highest BCUT2D eigenvalue weighted by Gasteiger charge is 2.25. The van der Waals surface area contributed by atoms with Gasteiger partial charge < -0.3 is 5.32 Å². The number of hydrogen-bond acceptors (Lipinski definition) is 4. The van der Waals surface area contributed by atoms with E-state index in [-0.39, 0.29) is 18.9 Å². The fourth-order valence-electron chi connectivity index (χ4n) is 1.69. The van der Waals surface area contributed by atoms with Crippen LogP contribution in [0.1, 0.15) is 36.6 Å². The fraction of sp³-hybridized carbons (Fsp3) is 0.636. The molecule has 1 aliphatic carbocycles. The standard InChI is InChI=1S/C11H18N4O3S/c1-19(17,18)13-5-4-11(16)12-7-9-6-10(15-14-9)8-2-3-8/h6,8,13H,2-5,7H2,1H3,(H,12,16)(H,14,15). The number of rotatable bonds is 7. The molecule has 106 valence electrons. The molecule has 0 spiro atoms. The minimum absolute atomic E-state index is 0.112. The Balaban J connectivity index is 1.67. The summed E-state index contributed by atoms with van der Waals surface area (Å²) in [5.74, 6) is 0.387. The van der Waals surface area contributed by atoms with E-state index in [9.17, 15) is 13.2 Å². The van der Waals surface area contributed by atoms with Crippen LogP contribution in [0.25, 0.3) is 0 Å². The topological polar surface area (TPSA) is 104 Å². The molecule has 19 heavy (non-hydrogen) atoms. The summed E-state index contributed by atoms with van der Waals surface area (Å²) in [6.07, 6.45) is 3.56. The van der Waals surface area contributed by atoms with Crippen molar-refractivity contribution in [2.75, 3.05) is 12.8 Å². The van der Waals surface area contributed by atoms with Crippen molar-refractivity contribution in [1.82, 2.24) is 20.2 Å². The molecular weight excluding hydrogens is 268 g/mol. The van der Waals surface area contributed by atoms with E-state index in [0.717, 1.165) is 17.6 Å². The molecule has 7 nitrogen and oxygen atoms in total. The first-order valence-corrected chi connectivity index (χ1v) is 8.09. The molecule has 1 aromatic heterocycles. The molecular formula is C11H18N4O3S. The van der Waals surface area contributed by atoms with Crippen molar-refractivity contribution in [3.8, 4) is 0 Å². The van der Waals surface area contributed by atoms with Crippen LogP contribution in [0.5, 0.6) is 0 Å². The summed E-state index contributed by atoms with van der Waals surface area (Å²) < 4.78 is 23.9. The minimum atomic E-state index is -3.23. The lowest BCUT2D eigenvalue weighted by molar-refractivity contribution is -0.121. The van der Waals surface area contributed by atoms with Crippen LogP contribution in [0.2, 0.25) is 0 Å². The molecule has 1 fully saturated rings. The van der Waals surface area contributed by atoms with Gasteiger partial charge in [0.1, 0.15) is 0 Å². The van der Waals surface area contributed by atoms with Gasteiger partial charge in [0.25, 0.3) is 0 Å². The summed E-state index contributed by atoms with van der Waals surface area (Å²) in [6, 6.07) is 1.96. The molecule has 0 radical (unpaired) electrons. The summed E-state index contributed by atoms with van der Waals surface area (Å²) in [5.41, 5.74) is 1.93. The van der Waals surface area contributed by atoms with E-state index in [4.69, 9.17) is 0 Å². The second kappa shape index (κ2) is 5.70. The van der Waals surface area contributed by atoms with Crippen molar-refractivity contribution in [2.24, 2.45) is 0 Å². The van der Waals surface area contributed by atoms with Gasteiger partial charge in [0.15, 0.2) is 0 Å². The third kappa shape index (κ3) is 4.99. The maximum absolute atomic E-state index is 11.5. The first kappa shape index (κ1) is 14.0. The van der Waals surface area contributed by atoms with Gasteiger partial charge in [-0.3, -0.25) is 9.89 Å². The van der Waals surface area contributed by atoms with Gasteiger partial charge in [-0.05, 0) is 18.9 Å². The predicted molar refractivity (Wildman–Crippen MR) is 69.9 cm³/mol. The second-order valence-corrected chi connectivity index (χ2v) is 6.62. The van der Waals surface area contributed by atoms with E-state index in [1.807, 2.05) is 6.07 Å². The fourth-order valence-corrected chi connectivity index (χ4v) is 2.16. The quantitative estimate of drug-likeness (QED) is 0.648. The van der Waals surface area contributed by atoms with Gasteiger partial charge in [0.05, 0.1) is 24.2 Å². The van der Waals surface area contributed by atoms with Crippen LogP contribution in [0.15, 0.2) is 6.07 Å². The number of carbonyl (C=O) groups is 1. The summed E-state index contributed by atoms with van der Waals surface area (Å²) in [6.45, 7) is 0.498. The monoisotopic (exact) mass is 286 g/mol. The number of aromatic amines is 1. The maximum Gasteiger partial charge on any atom is 0.221 e. The van der Waals surface area contributed by atoms with Gasteiger partial charge in [0.2, 0.25) is 15.9 Å². The minimum Gasteiger partial charge on any atom is -0.350 e. The van der Waals surface area contributed by atoms with Crippen LogP contribution in [-0.2, 0) is 21.4 Å². The molecule has 0 unspecified atom stereocenters. The third-order valence-electron chi connectivity index (χ3n) is 2.84. The van der Waals surface area contributed by atoms with Gasteiger partial charge >= 0.3 is 0 Å². The number of sulfonamides is 1. The summed E-state index contributed by atoms with van der Waals surface area (Å²) in [5, 5.41) is 9.78. The molecule has 0 aromatic carbocycles. The van der Waals surface area contributed by atoms with E-state index >= 15 is 0 Å². The van der Waals surface area contributed by atoms with Gasteiger partial charge in [-0.2, -0.15) is 5.10 Å². The van der Waals surface area contributed by atoms with E-state index in [0.29, 0.717) is 12.5 Å². The predicted octanol–water partition coefficient (Wildman–Crippen LogP) is -0.157. The molecule has 0 saturated heterocycles. The second-order valence-electron chi connectivity index (χ2n) is 4.79. The molecule has 0 aliphatic heterocycles. The smallest absolute Gasteiger partial charge is 0.221 e. The summed E-state index contributed by atoms with van der Waals surface area (Å²) >= 11 is 0. The molecule has 3 N–H and O–H groups in total. The Kier molecular flexibility index (Phi) is 4.20. The Morgan fingerprint density at radius 3 is 2.89 bits per heavy atom. The largest absolute Gasteiger partial charge is 0.350 e. The first-order valence-electron chi connectivity index (χ1n) is 6.19. The lowest BCUT2D eigenvalue weighted by Gasteiger charge is -2.04. The highest BCUT2D eigenvalue weighted by atomic mass is 32.2. The summed E-state index contributed by atoms with van der Waals surface area (Å²) in [4.78, 5) is 11.5. The number of aromatic nitrogens is 2. The van der Waals surface area contributed by atoms with Crippen LogP contribution < -0.4 is 10.0 Å². The first-order chi connectivity index (χ1) is 8.94. The molecule has 1 saturated carbocycles. The van der Waals surface area contributed by atoms with Crippen LogP contribution in [0.4, 0.5) is 0 Å². The van der Waals surface area contributed by atoms with Crippen LogP contribution in [-0.4, -0.2) is 37.3 Å². The Morgan fingerprint density at radius 1 is 1.53 bits per heavy atom. The normalized spacial score (nSPS) is 15.4. The van der Waals surface area contributed by atoms with E-state index in [1.165, 1.54) is 12.8 Å². The Morgan fingerprint density at radius 2 is 2.26 bits per heavy atom. The third-order valence-corrected chi connectivity index (χ3v) is 3.57. The molecule has 1 aromatic rings. The van der Waals surface area contributed by atoms with Crippen molar-refractivity contribution in [3.05, 3.63) is 17.5 Å². The van der Waals surface area contributed by atoms with Gasteiger partial charge in [-0.1, -0.05) is 0 Å². The van der Waals surface area contributed by atoms with Crippen molar-refractivity contribution in [1.29, 1.82) is 0 Å². The Hall–Kier alpha value is -1.41. The molecule has 1 aliphatic rings. The van der Waals surface area contributed by atoms with E-state index in [2.05, 4.69) is 20.2 Å². The highest BCUT2D eigenvalue weighted by molar-refractivity contribution is 7.88. The zero-order valence-electron chi connectivity index (χ0n) is 10.8. The summed E-state index contributed by atoms with van der Waals surface area (Å²) in [7, 11) is -3.23. The number of carbonyl (C=O) groups excluding carboxylic acids is 1. The number of hydrogen-bond donors (Lipinski definition) is 3. The number of H-pyrrole nitrogens is 1. The molecule has 1 amide bonds. The molecule has 8 heteroatoms. The van der Waals surface area contributed by atoms with Crippen LogP contribution in [0, 0.1) is 0 Å². The van der Waals surface area contributed by atoms with Crippen LogP contribution >= 0.6 is 0 Å². The zero-order valence-corrected chi connectivity index (χ0v) is 11.6. The highest BCUT2D eigenvalue weighted by Crippen LogP contribution is 2.38. The number of nitrogens with zero attached hydrogens (tertiary/aromatic N) is 1. The van der Waals surface area contributed by atoms with Gasteiger partial charge in [0, 0.05) is 18.9 Å². The lowest BCUT2D eigenvalue weighted by Crippen LogP contribution is -2.29. The zero-order chi connectivity index (χ0) is 13.9. The van der Waals surface area contributed by atoms with Gasteiger partial charge in [-0.15, -0.1) is 0 Å². The van der Waals surface area contributed by atoms with Gasteiger partial charge in [-0.25, -0.2) is 13.1 Å². The average molecular weight is 286 g/mol. The van der Waals surface area contributed by atoms with Crippen molar-refractivity contribution in [3.63, 3.8) is 0 Å². The van der Waals surface area contributed by atoms with Crippen molar-refractivity contribution in [2.45, 2.75) is 31.7 Å². The molecule has 2 rings (SSSR count). The lowest BCUT2D eigenvalue weighted by atomic mass is 10.2. The molecule has 0 atom stereocenters. The maximum atomic E-state index is 11.5. The molecule has 1 heterocycles. The Bertz CT molecular complexity index is 548. The number of amides is 1. The van der Waals surface area contributed by atoms with E-state index in [1.54, 1.807) is 0 Å². The van der Waals surface area contributed by atoms with Crippen molar-refractivity contribution < 1.29 is 13.2 Å². The van der Waals surface area contributed by atoms with Crippen molar-refractivity contribution >= 4 is 15.9 Å². The SMILES string of the molecule is CS(=O)(=O)NCCC(=O)NCc1cc(C2CC2)n[nH]1. The molecule has 0 bridgehead atoms. The number of nitrogens with one attached hydrogen (secondary N) is 3. The Labute approximate surface area is 112 Å². The average Bonchev–Trinajstić information content (AvgIpc) is 3.05.